The maximum atomic E-state index is 11.2. The molecule has 1 aliphatic heterocycles. The minimum Gasteiger partial charge on any atom is -0.462 e. The average molecular weight is 266 g/mol. The second-order valence-electron chi connectivity index (χ2n) is 6.37. The molecule has 1 heterocycles. The maximum absolute atomic E-state index is 11.2. The number of epoxide rings is 1. The lowest BCUT2D eigenvalue weighted by Gasteiger charge is -2.42. The molecule has 1 aliphatic carbocycles. The summed E-state index contributed by atoms with van der Waals surface area (Å²) < 4.78 is 11.4. The van der Waals surface area contributed by atoms with E-state index in [0.29, 0.717) is 0 Å². The number of carbonyl (C=O) groups excluding carboxylic acids is 2. The number of ether oxygens (including phenoxy) is 2. The lowest BCUT2D eigenvalue weighted by atomic mass is 9.62. The van der Waals surface area contributed by atoms with Crippen molar-refractivity contribution >= 4 is 11.8 Å². The van der Waals surface area contributed by atoms with Gasteiger partial charge in [-0.15, -0.1) is 0 Å². The molecule has 0 bridgehead atoms. The zero-order valence-corrected chi connectivity index (χ0v) is 12.3. The third kappa shape index (κ3) is 2.02. The highest BCUT2D eigenvalue weighted by molar-refractivity contribution is 5.87. The van der Waals surface area contributed by atoms with Gasteiger partial charge in [0.15, 0.2) is 5.78 Å². The maximum Gasteiger partial charge on any atom is 0.302 e. The van der Waals surface area contributed by atoms with Gasteiger partial charge >= 0.3 is 5.97 Å². The van der Waals surface area contributed by atoms with E-state index in [1.165, 1.54) is 13.8 Å². The molecule has 19 heavy (non-hydrogen) atoms. The molecule has 1 saturated heterocycles. The number of rotatable bonds is 3. The summed E-state index contributed by atoms with van der Waals surface area (Å²) in [5, 5.41) is 0. The van der Waals surface area contributed by atoms with Crippen LogP contribution in [0.1, 0.15) is 47.5 Å². The quantitative estimate of drug-likeness (QED) is 0.447. The van der Waals surface area contributed by atoms with Gasteiger partial charge in [-0.25, -0.2) is 0 Å². The summed E-state index contributed by atoms with van der Waals surface area (Å²) in [5.74, 6) is -0.273. The van der Waals surface area contributed by atoms with E-state index in [1.807, 2.05) is 19.9 Å². The Morgan fingerprint density at radius 2 is 1.89 bits per heavy atom. The molecule has 2 aliphatic rings. The molecule has 3 atom stereocenters. The SMILES string of the molecule is CC(=O)/C=C/[C@@]12O[C@]1(C)CC[C@H](OC(C)=O)C2(C)C. The first-order chi connectivity index (χ1) is 8.65. The molecule has 0 radical (unpaired) electrons. The highest BCUT2D eigenvalue weighted by atomic mass is 16.6. The van der Waals surface area contributed by atoms with Crippen LogP contribution in [-0.2, 0) is 19.1 Å². The van der Waals surface area contributed by atoms with Crippen LogP contribution in [0.4, 0.5) is 0 Å². The third-order valence-electron chi connectivity index (χ3n) is 4.64. The predicted molar refractivity (Wildman–Crippen MR) is 70.6 cm³/mol. The summed E-state index contributed by atoms with van der Waals surface area (Å²) >= 11 is 0. The van der Waals surface area contributed by atoms with Crippen molar-refractivity contribution in [2.45, 2.75) is 64.8 Å². The Kier molecular flexibility index (Phi) is 3.13. The summed E-state index contributed by atoms with van der Waals surface area (Å²) in [4.78, 5) is 22.4. The van der Waals surface area contributed by atoms with Crippen molar-refractivity contribution in [3.63, 3.8) is 0 Å². The van der Waals surface area contributed by atoms with Gasteiger partial charge < -0.3 is 9.47 Å². The van der Waals surface area contributed by atoms with Gasteiger partial charge in [-0.1, -0.05) is 13.8 Å². The monoisotopic (exact) mass is 266 g/mol. The number of hydrogen-bond donors (Lipinski definition) is 0. The fourth-order valence-electron chi connectivity index (χ4n) is 3.45. The van der Waals surface area contributed by atoms with Crippen LogP contribution >= 0.6 is 0 Å². The standard InChI is InChI=1S/C15H22O4/c1-10(16)6-9-15-13(3,4)12(18-11(2)17)7-8-14(15,5)19-15/h6,9,12H,7-8H2,1-5H3/b9-6+/t12-,14+,15-/m0/s1. The van der Waals surface area contributed by atoms with E-state index in [1.54, 1.807) is 6.08 Å². The van der Waals surface area contributed by atoms with Gasteiger partial charge in [-0.3, -0.25) is 9.59 Å². The first-order valence-corrected chi connectivity index (χ1v) is 6.72. The number of fused-ring (bicyclic) bond motifs is 1. The smallest absolute Gasteiger partial charge is 0.302 e. The van der Waals surface area contributed by atoms with Crippen LogP contribution < -0.4 is 0 Å². The molecule has 0 aromatic carbocycles. The van der Waals surface area contributed by atoms with Gasteiger partial charge in [0, 0.05) is 12.3 Å². The Labute approximate surface area is 114 Å². The Morgan fingerprint density at radius 3 is 2.42 bits per heavy atom. The first-order valence-electron chi connectivity index (χ1n) is 6.72. The molecule has 2 fully saturated rings. The average Bonchev–Trinajstić information content (AvgIpc) is 2.89. The molecule has 4 nitrogen and oxygen atoms in total. The summed E-state index contributed by atoms with van der Waals surface area (Å²) in [5.41, 5.74) is -1.11. The van der Waals surface area contributed by atoms with Crippen LogP contribution in [-0.4, -0.2) is 29.1 Å². The zero-order valence-electron chi connectivity index (χ0n) is 12.3. The van der Waals surface area contributed by atoms with Crippen LogP contribution in [0, 0.1) is 5.41 Å². The van der Waals surface area contributed by atoms with Gasteiger partial charge in [-0.05, 0) is 38.8 Å². The van der Waals surface area contributed by atoms with E-state index in [9.17, 15) is 9.59 Å². The highest BCUT2D eigenvalue weighted by Crippen LogP contribution is 2.66. The molecule has 2 rings (SSSR count). The Hall–Kier alpha value is -1.16. The third-order valence-corrected chi connectivity index (χ3v) is 4.64. The number of hydrogen-bond acceptors (Lipinski definition) is 4. The van der Waals surface area contributed by atoms with Crippen molar-refractivity contribution in [3.05, 3.63) is 12.2 Å². The number of ketones is 1. The van der Waals surface area contributed by atoms with Crippen molar-refractivity contribution in [2.75, 3.05) is 0 Å². The second kappa shape index (κ2) is 4.17. The molecule has 0 aromatic heterocycles. The molecule has 0 amide bonds. The van der Waals surface area contributed by atoms with E-state index in [-0.39, 0.29) is 28.9 Å². The minimum absolute atomic E-state index is 0.00219. The van der Waals surface area contributed by atoms with E-state index < -0.39 is 5.60 Å². The van der Waals surface area contributed by atoms with Crippen molar-refractivity contribution in [1.29, 1.82) is 0 Å². The van der Waals surface area contributed by atoms with E-state index in [0.717, 1.165) is 12.8 Å². The van der Waals surface area contributed by atoms with E-state index >= 15 is 0 Å². The Bertz CT molecular complexity index is 451. The summed E-state index contributed by atoms with van der Waals surface area (Å²) in [6.07, 6.45) is 4.85. The number of allylic oxidation sites excluding steroid dienone is 1. The topological polar surface area (TPSA) is 55.9 Å². The molecule has 0 aromatic rings. The van der Waals surface area contributed by atoms with Gasteiger partial charge in [0.25, 0.3) is 0 Å². The van der Waals surface area contributed by atoms with Crippen molar-refractivity contribution in [1.82, 2.24) is 0 Å². The highest BCUT2D eigenvalue weighted by Gasteiger charge is 2.76. The van der Waals surface area contributed by atoms with Crippen LogP contribution in [0.2, 0.25) is 0 Å². The Morgan fingerprint density at radius 1 is 1.26 bits per heavy atom. The van der Waals surface area contributed by atoms with E-state index in [4.69, 9.17) is 9.47 Å². The van der Waals surface area contributed by atoms with Crippen molar-refractivity contribution in [2.24, 2.45) is 5.41 Å². The van der Waals surface area contributed by atoms with Gasteiger partial charge in [0.2, 0.25) is 0 Å². The van der Waals surface area contributed by atoms with Crippen LogP contribution in [0.5, 0.6) is 0 Å². The molecule has 106 valence electrons. The lowest BCUT2D eigenvalue weighted by molar-refractivity contribution is -0.156. The van der Waals surface area contributed by atoms with Crippen LogP contribution in [0.25, 0.3) is 0 Å². The van der Waals surface area contributed by atoms with E-state index in [2.05, 4.69) is 6.92 Å². The van der Waals surface area contributed by atoms with Crippen LogP contribution in [0.15, 0.2) is 12.2 Å². The van der Waals surface area contributed by atoms with Crippen molar-refractivity contribution < 1.29 is 19.1 Å². The predicted octanol–water partition coefficient (Wildman–Crippen LogP) is 2.41. The molecule has 1 saturated carbocycles. The summed E-state index contributed by atoms with van der Waals surface area (Å²) in [7, 11) is 0. The van der Waals surface area contributed by atoms with Gasteiger partial charge in [0.1, 0.15) is 17.3 Å². The number of carbonyl (C=O) groups is 2. The summed E-state index contributed by atoms with van der Waals surface area (Å²) in [6.45, 7) is 9.08. The van der Waals surface area contributed by atoms with Gasteiger partial charge in [0.05, 0.1) is 0 Å². The molecular formula is C15H22O4. The number of esters is 1. The zero-order chi connectivity index (χ0) is 14.5. The largest absolute Gasteiger partial charge is 0.462 e. The Balaban J connectivity index is 2.31. The normalized spacial score (nSPS) is 39.7. The lowest BCUT2D eigenvalue weighted by Crippen LogP contribution is -2.51. The molecule has 0 spiro atoms. The van der Waals surface area contributed by atoms with Crippen molar-refractivity contribution in [3.8, 4) is 0 Å². The first kappa shape index (κ1) is 14.3. The molecule has 0 unspecified atom stereocenters. The fraction of sp³-hybridized carbons (Fsp3) is 0.733. The van der Waals surface area contributed by atoms with Gasteiger partial charge in [-0.2, -0.15) is 0 Å². The summed E-state index contributed by atoms with van der Waals surface area (Å²) in [6, 6.07) is 0. The molecular weight excluding hydrogens is 244 g/mol. The van der Waals surface area contributed by atoms with Crippen LogP contribution in [0.3, 0.4) is 0 Å². The minimum atomic E-state index is -0.510. The molecule has 0 N–H and O–H groups in total. The fourth-order valence-corrected chi connectivity index (χ4v) is 3.45. The molecule has 4 heteroatoms. The second-order valence-corrected chi connectivity index (χ2v) is 6.37.